The first-order valence-electron chi connectivity index (χ1n) is 9.36. The second-order valence-corrected chi connectivity index (χ2v) is 7.72. The molecule has 0 aliphatic carbocycles. The number of carbonyl (C=O) groups excluding carboxylic acids is 1. The minimum atomic E-state index is 0.259. The summed E-state index contributed by atoms with van der Waals surface area (Å²) in [5.41, 5.74) is 4.29. The van der Waals surface area contributed by atoms with E-state index >= 15 is 0 Å². The molecule has 5 heteroatoms. The van der Waals surface area contributed by atoms with Crippen LogP contribution in [0.4, 0.5) is 0 Å². The Hall–Kier alpha value is -2.53. The van der Waals surface area contributed by atoms with E-state index in [0.29, 0.717) is 5.75 Å². The van der Waals surface area contributed by atoms with Gasteiger partial charge in [0.05, 0.1) is 17.1 Å². The van der Waals surface area contributed by atoms with Crippen molar-refractivity contribution in [3.8, 4) is 16.9 Å². The third kappa shape index (κ3) is 4.25. The Morgan fingerprint density at radius 3 is 2.33 bits per heavy atom. The van der Waals surface area contributed by atoms with Crippen molar-refractivity contribution in [3.05, 3.63) is 72.4 Å². The Morgan fingerprint density at radius 1 is 0.963 bits per heavy atom. The molecule has 1 aliphatic heterocycles. The number of rotatable bonds is 6. The van der Waals surface area contributed by atoms with Gasteiger partial charge in [-0.25, -0.2) is 4.68 Å². The molecule has 3 aromatic rings. The van der Waals surface area contributed by atoms with Crippen LogP contribution in [0.3, 0.4) is 0 Å². The fourth-order valence-corrected chi connectivity index (χ4v) is 4.26. The van der Waals surface area contributed by atoms with Gasteiger partial charge in [0.15, 0.2) is 0 Å². The molecule has 1 amide bonds. The van der Waals surface area contributed by atoms with Gasteiger partial charge in [0.25, 0.3) is 0 Å². The largest absolute Gasteiger partial charge is 0.342 e. The Labute approximate surface area is 164 Å². The number of amides is 1. The summed E-state index contributed by atoms with van der Waals surface area (Å²) in [6.45, 7) is 1.83. The van der Waals surface area contributed by atoms with Crippen LogP contribution in [0, 0.1) is 0 Å². The summed E-state index contributed by atoms with van der Waals surface area (Å²) in [4.78, 5) is 14.3. The smallest absolute Gasteiger partial charge is 0.232 e. The molecule has 0 bridgehead atoms. The van der Waals surface area contributed by atoms with Crippen molar-refractivity contribution in [2.75, 3.05) is 18.8 Å². The van der Waals surface area contributed by atoms with Gasteiger partial charge in [-0.15, -0.1) is 11.8 Å². The van der Waals surface area contributed by atoms with Crippen LogP contribution in [0.5, 0.6) is 0 Å². The van der Waals surface area contributed by atoms with Gasteiger partial charge in [0.2, 0.25) is 5.91 Å². The van der Waals surface area contributed by atoms with Crippen LogP contribution < -0.4 is 0 Å². The summed E-state index contributed by atoms with van der Waals surface area (Å²) in [7, 11) is 0. The Bertz CT molecular complexity index is 886. The predicted octanol–water partition coefficient (Wildman–Crippen LogP) is 4.39. The number of aromatic nitrogens is 2. The number of likely N-dealkylation sites (tertiary alicyclic amines) is 1. The molecule has 0 N–H and O–H groups in total. The first kappa shape index (κ1) is 17.9. The molecule has 2 heterocycles. The van der Waals surface area contributed by atoms with Crippen molar-refractivity contribution >= 4 is 17.7 Å². The molecule has 2 aromatic carbocycles. The van der Waals surface area contributed by atoms with Crippen LogP contribution in [0.2, 0.25) is 0 Å². The van der Waals surface area contributed by atoms with E-state index in [1.807, 2.05) is 46.0 Å². The van der Waals surface area contributed by atoms with E-state index < -0.39 is 0 Å². The zero-order valence-electron chi connectivity index (χ0n) is 15.3. The van der Waals surface area contributed by atoms with E-state index in [4.69, 9.17) is 5.10 Å². The number of nitrogens with zero attached hydrogens (tertiary/aromatic N) is 3. The van der Waals surface area contributed by atoms with E-state index in [9.17, 15) is 4.79 Å². The van der Waals surface area contributed by atoms with Crippen LogP contribution in [-0.4, -0.2) is 39.4 Å². The van der Waals surface area contributed by atoms with E-state index in [-0.39, 0.29) is 5.91 Å². The average molecular weight is 378 g/mol. The predicted molar refractivity (Wildman–Crippen MR) is 111 cm³/mol. The molecule has 1 aromatic heterocycles. The fraction of sp³-hybridized carbons (Fsp3) is 0.273. The summed E-state index contributed by atoms with van der Waals surface area (Å²) in [5.74, 6) is 1.57. The Morgan fingerprint density at radius 2 is 1.63 bits per heavy atom. The minimum absolute atomic E-state index is 0.259. The normalized spacial score (nSPS) is 13.9. The molecule has 1 fully saturated rings. The lowest BCUT2D eigenvalue weighted by molar-refractivity contribution is -0.127. The number of benzene rings is 2. The molecule has 4 rings (SSSR count). The second-order valence-electron chi connectivity index (χ2n) is 6.73. The maximum Gasteiger partial charge on any atom is 0.232 e. The van der Waals surface area contributed by atoms with Crippen molar-refractivity contribution in [2.24, 2.45) is 0 Å². The molecule has 0 radical (unpaired) electrons. The molecule has 0 saturated carbocycles. The summed E-state index contributed by atoms with van der Waals surface area (Å²) < 4.78 is 1.93. The van der Waals surface area contributed by atoms with E-state index in [1.165, 1.54) is 0 Å². The van der Waals surface area contributed by atoms with Crippen molar-refractivity contribution in [1.29, 1.82) is 0 Å². The number of para-hydroxylation sites is 1. The molecule has 0 atom stereocenters. The van der Waals surface area contributed by atoms with Crippen LogP contribution >= 0.6 is 11.8 Å². The van der Waals surface area contributed by atoms with Gasteiger partial charge < -0.3 is 4.90 Å². The quantitative estimate of drug-likeness (QED) is 0.639. The van der Waals surface area contributed by atoms with Crippen LogP contribution in [-0.2, 0) is 10.5 Å². The van der Waals surface area contributed by atoms with Crippen molar-refractivity contribution in [2.45, 2.75) is 18.6 Å². The lowest BCUT2D eigenvalue weighted by Crippen LogP contribution is -2.29. The second kappa shape index (κ2) is 8.44. The standard InChI is InChI=1S/C22H23N3OS/c26-21(24-13-7-8-14-24)17-27-16-19-15-25(20-11-5-2-6-12-20)23-22(19)18-9-3-1-4-10-18/h1-6,9-12,15H,7-8,13-14,16-17H2. The topological polar surface area (TPSA) is 38.1 Å². The first-order valence-corrected chi connectivity index (χ1v) is 10.5. The van der Waals surface area contributed by atoms with Gasteiger partial charge in [-0.2, -0.15) is 5.10 Å². The van der Waals surface area contributed by atoms with E-state index in [1.54, 1.807) is 11.8 Å². The van der Waals surface area contributed by atoms with Crippen molar-refractivity contribution < 1.29 is 4.79 Å². The molecule has 4 nitrogen and oxygen atoms in total. The molecule has 27 heavy (non-hydrogen) atoms. The lowest BCUT2D eigenvalue weighted by atomic mass is 10.1. The van der Waals surface area contributed by atoms with Crippen molar-refractivity contribution in [3.63, 3.8) is 0 Å². The summed E-state index contributed by atoms with van der Waals surface area (Å²) >= 11 is 1.67. The third-order valence-electron chi connectivity index (χ3n) is 4.80. The maximum absolute atomic E-state index is 12.3. The van der Waals surface area contributed by atoms with Crippen LogP contribution in [0.15, 0.2) is 66.9 Å². The summed E-state index contributed by atoms with van der Waals surface area (Å²) in [5, 5.41) is 4.83. The molecule has 1 saturated heterocycles. The summed E-state index contributed by atoms with van der Waals surface area (Å²) in [6, 6.07) is 20.4. The Balaban J connectivity index is 1.53. The molecular weight excluding hydrogens is 354 g/mol. The minimum Gasteiger partial charge on any atom is -0.342 e. The van der Waals surface area contributed by atoms with Crippen molar-refractivity contribution in [1.82, 2.24) is 14.7 Å². The van der Waals surface area contributed by atoms with Gasteiger partial charge in [-0.1, -0.05) is 48.5 Å². The van der Waals surface area contributed by atoms with Gasteiger partial charge in [-0.3, -0.25) is 4.79 Å². The van der Waals surface area contributed by atoms with Crippen LogP contribution in [0.25, 0.3) is 16.9 Å². The van der Waals surface area contributed by atoms with E-state index in [0.717, 1.165) is 54.2 Å². The highest BCUT2D eigenvalue weighted by molar-refractivity contribution is 7.99. The number of hydrogen-bond donors (Lipinski definition) is 0. The molecule has 0 unspecified atom stereocenters. The molecule has 138 valence electrons. The zero-order valence-corrected chi connectivity index (χ0v) is 16.1. The number of carbonyl (C=O) groups is 1. The first-order chi connectivity index (χ1) is 13.3. The molecule has 0 spiro atoms. The lowest BCUT2D eigenvalue weighted by Gasteiger charge is -2.14. The maximum atomic E-state index is 12.3. The van der Waals surface area contributed by atoms with Gasteiger partial charge in [0.1, 0.15) is 0 Å². The highest BCUT2D eigenvalue weighted by atomic mass is 32.2. The third-order valence-corrected chi connectivity index (χ3v) is 5.77. The van der Waals surface area contributed by atoms with E-state index in [2.05, 4.69) is 30.5 Å². The molecular formula is C22H23N3OS. The van der Waals surface area contributed by atoms with Gasteiger partial charge in [-0.05, 0) is 25.0 Å². The SMILES string of the molecule is O=C(CSCc1cn(-c2ccccc2)nc1-c1ccccc1)N1CCCC1. The highest BCUT2D eigenvalue weighted by Gasteiger charge is 2.18. The molecule has 1 aliphatic rings. The summed E-state index contributed by atoms with van der Waals surface area (Å²) in [6.07, 6.45) is 4.36. The monoisotopic (exact) mass is 377 g/mol. The number of hydrogen-bond acceptors (Lipinski definition) is 3. The Kier molecular flexibility index (Phi) is 5.58. The van der Waals surface area contributed by atoms with Gasteiger partial charge >= 0.3 is 0 Å². The highest BCUT2D eigenvalue weighted by Crippen LogP contribution is 2.27. The van der Waals surface area contributed by atoms with Gasteiger partial charge in [0, 0.05) is 36.2 Å². The zero-order chi connectivity index (χ0) is 18.5. The van der Waals surface area contributed by atoms with Crippen LogP contribution in [0.1, 0.15) is 18.4 Å². The number of thioether (sulfide) groups is 1. The average Bonchev–Trinajstić information content (AvgIpc) is 3.40. The fourth-order valence-electron chi connectivity index (χ4n) is 3.37.